The summed E-state index contributed by atoms with van der Waals surface area (Å²) in [5.41, 5.74) is 1.58. The fraction of sp³-hybridized carbons (Fsp3) is 0.632. The zero-order chi connectivity index (χ0) is 16.2. The number of benzene rings is 1. The molecule has 22 heavy (non-hydrogen) atoms. The summed E-state index contributed by atoms with van der Waals surface area (Å²) in [6.07, 6.45) is 2.63. The first-order chi connectivity index (χ1) is 10.5. The third kappa shape index (κ3) is 3.35. The Hall–Kier alpha value is -1.35. The molecule has 0 N–H and O–H groups in total. The van der Waals surface area contributed by atoms with Crippen molar-refractivity contribution in [3.63, 3.8) is 0 Å². The lowest BCUT2D eigenvalue weighted by atomic mass is 9.76. The minimum absolute atomic E-state index is 0.0835. The Morgan fingerprint density at radius 1 is 1.32 bits per heavy atom. The van der Waals surface area contributed by atoms with Crippen LogP contribution in [0.25, 0.3) is 0 Å². The molecule has 3 heteroatoms. The van der Waals surface area contributed by atoms with Crippen LogP contribution in [0.4, 0.5) is 0 Å². The zero-order valence-corrected chi connectivity index (χ0v) is 14.2. The van der Waals surface area contributed by atoms with E-state index in [1.54, 1.807) is 0 Å². The van der Waals surface area contributed by atoms with Crippen LogP contribution in [-0.4, -0.2) is 25.3 Å². The van der Waals surface area contributed by atoms with Crippen LogP contribution in [-0.2, 0) is 19.7 Å². The average molecular weight is 304 g/mol. The third-order valence-electron chi connectivity index (χ3n) is 4.43. The van der Waals surface area contributed by atoms with Gasteiger partial charge in [-0.2, -0.15) is 0 Å². The van der Waals surface area contributed by atoms with Gasteiger partial charge in [-0.15, -0.1) is 0 Å². The number of rotatable bonds is 6. The van der Waals surface area contributed by atoms with Crippen molar-refractivity contribution in [3.05, 3.63) is 35.4 Å². The first-order valence-corrected chi connectivity index (χ1v) is 8.36. The highest BCUT2D eigenvalue weighted by molar-refractivity contribution is 5.84. The molecule has 2 rings (SSSR count). The lowest BCUT2D eigenvalue weighted by molar-refractivity contribution is -0.157. The highest BCUT2D eigenvalue weighted by atomic mass is 16.5. The normalized spacial score (nSPS) is 24.7. The van der Waals surface area contributed by atoms with Crippen molar-refractivity contribution in [1.82, 2.24) is 0 Å². The molecule has 122 valence electrons. The Morgan fingerprint density at radius 2 is 2.00 bits per heavy atom. The number of aryl methyl sites for hydroxylation is 1. The van der Waals surface area contributed by atoms with Crippen molar-refractivity contribution in [2.45, 2.75) is 58.5 Å². The van der Waals surface area contributed by atoms with Crippen molar-refractivity contribution in [2.75, 3.05) is 13.2 Å². The van der Waals surface area contributed by atoms with Gasteiger partial charge in [0.1, 0.15) is 5.41 Å². The summed E-state index contributed by atoms with van der Waals surface area (Å²) in [5.74, 6) is 0.215. The number of hydrogen-bond acceptors (Lipinski definition) is 3. The Kier molecular flexibility index (Phi) is 5.63. The van der Waals surface area contributed by atoms with E-state index < -0.39 is 5.41 Å². The van der Waals surface area contributed by atoms with Gasteiger partial charge < -0.3 is 9.47 Å². The maximum atomic E-state index is 12.9. The van der Waals surface area contributed by atoms with Crippen LogP contribution in [0.3, 0.4) is 0 Å². The summed E-state index contributed by atoms with van der Waals surface area (Å²) in [6, 6.07) is 8.24. The van der Waals surface area contributed by atoms with Gasteiger partial charge in [-0.3, -0.25) is 4.79 Å². The van der Waals surface area contributed by atoms with Crippen molar-refractivity contribution in [1.29, 1.82) is 0 Å². The van der Waals surface area contributed by atoms with Crippen molar-refractivity contribution in [3.8, 4) is 0 Å². The van der Waals surface area contributed by atoms with Gasteiger partial charge in [-0.25, -0.2) is 0 Å². The minimum atomic E-state index is -0.640. The summed E-state index contributed by atoms with van der Waals surface area (Å²) >= 11 is 0. The highest BCUT2D eigenvalue weighted by Crippen LogP contribution is 2.44. The second kappa shape index (κ2) is 7.28. The molecule has 1 fully saturated rings. The number of esters is 1. The maximum absolute atomic E-state index is 12.9. The van der Waals surface area contributed by atoms with Gasteiger partial charge in [0.15, 0.2) is 0 Å². The van der Waals surface area contributed by atoms with Crippen molar-refractivity contribution >= 4 is 5.97 Å². The van der Waals surface area contributed by atoms with Crippen LogP contribution in [0.5, 0.6) is 0 Å². The summed E-state index contributed by atoms with van der Waals surface area (Å²) in [6.45, 7) is 9.24. The quantitative estimate of drug-likeness (QED) is 0.745. The summed E-state index contributed by atoms with van der Waals surface area (Å²) in [4.78, 5) is 12.9. The lowest BCUT2D eigenvalue weighted by Crippen LogP contribution is -2.45. The summed E-state index contributed by atoms with van der Waals surface area (Å²) in [5, 5.41) is 0. The van der Waals surface area contributed by atoms with E-state index in [2.05, 4.69) is 45.0 Å². The molecule has 0 bridgehead atoms. The topological polar surface area (TPSA) is 35.5 Å². The molecule has 0 amide bonds. The Labute approximate surface area is 134 Å². The van der Waals surface area contributed by atoms with E-state index in [4.69, 9.17) is 9.47 Å². The van der Waals surface area contributed by atoms with E-state index in [0.717, 1.165) is 24.8 Å². The summed E-state index contributed by atoms with van der Waals surface area (Å²) in [7, 11) is 0. The molecule has 0 aromatic heterocycles. The second-order valence-electron chi connectivity index (χ2n) is 6.67. The van der Waals surface area contributed by atoms with Gasteiger partial charge in [-0.1, -0.05) is 43.7 Å². The van der Waals surface area contributed by atoms with E-state index in [1.807, 2.05) is 6.92 Å². The number of carbonyl (C=O) groups is 1. The van der Waals surface area contributed by atoms with Gasteiger partial charge >= 0.3 is 5.97 Å². The first kappa shape index (κ1) is 17.0. The third-order valence-corrected chi connectivity index (χ3v) is 4.43. The van der Waals surface area contributed by atoms with Gasteiger partial charge in [0.25, 0.3) is 0 Å². The number of ether oxygens (including phenoxy) is 2. The van der Waals surface area contributed by atoms with Gasteiger partial charge in [0.2, 0.25) is 0 Å². The molecule has 2 unspecified atom stereocenters. The second-order valence-corrected chi connectivity index (χ2v) is 6.67. The highest BCUT2D eigenvalue weighted by Gasteiger charge is 2.52. The smallest absolute Gasteiger partial charge is 0.319 e. The van der Waals surface area contributed by atoms with Crippen LogP contribution in [0.15, 0.2) is 24.3 Å². The molecule has 1 aromatic rings. The molecule has 2 atom stereocenters. The van der Waals surface area contributed by atoms with Crippen LogP contribution in [0.2, 0.25) is 0 Å². The van der Waals surface area contributed by atoms with Crippen LogP contribution in [0.1, 0.15) is 51.2 Å². The van der Waals surface area contributed by atoms with Crippen LogP contribution in [0, 0.1) is 12.8 Å². The van der Waals surface area contributed by atoms with E-state index in [0.29, 0.717) is 19.1 Å². The predicted octanol–water partition coefficient (Wildman–Crippen LogP) is 4.02. The molecule has 0 spiro atoms. The van der Waals surface area contributed by atoms with Crippen LogP contribution >= 0.6 is 0 Å². The molecule has 3 nitrogen and oxygen atoms in total. The maximum Gasteiger partial charge on any atom is 0.319 e. The van der Waals surface area contributed by atoms with Gasteiger partial charge in [0, 0.05) is 6.61 Å². The fourth-order valence-electron chi connectivity index (χ4n) is 3.30. The largest absolute Gasteiger partial charge is 0.465 e. The zero-order valence-electron chi connectivity index (χ0n) is 14.2. The standard InChI is InChI=1S/C19H28O3/c1-5-21-17-7-6-12-19(17,18(20)22-13-14(2)3)16-10-8-15(4)9-11-16/h8-11,14,17H,5-7,12-13H2,1-4H3. The molecule has 0 heterocycles. The van der Waals surface area contributed by atoms with E-state index in [1.165, 1.54) is 5.56 Å². The van der Waals surface area contributed by atoms with E-state index in [9.17, 15) is 4.79 Å². The number of carbonyl (C=O) groups excluding carboxylic acids is 1. The molecular formula is C19H28O3. The molecular weight excluding hydrogens is 276 g/mol. The molecule has 0 aliphatic heterocycles. The van der Waals surface area contributed by atoms with Crippen molar-refractivity contribution < 1.29 is 14.3 Å². The average Bonchev–Trinajstić information content (AvgIpc) is 2.90. The molecule has 0 radical (unpaired) electrons. The Bertz CT molecular complexity index is 492. The Morgan fingerprint density at radius 3 is 2.59 bits per heavy atom. The number of hydrogen-bond donors (Lipinski definition) is 0. The SMILES string of the molecule is CCOC1CCCC1(C(=O)OCC(C)C)c1ccc(C)cc1. The van der Waals surface area contributed by atoms with Gasteiger partial charge in [0.05, 0.1) is 12.7 Å². The molecule has 1 aromatic carbocycles. The van der Waals surface area contributed by atoms with E-state index >= 15 is 0 Å². The van der Waals surface area contributed by atoms with Gasteiger partial charge in [-0.05, 0) is 44.6 Å². The minimum Gasteiger partial charge on any atom is -0.465 e. The lowest BCUT2D eigenvalue weighted by Gasteiger charge is -2.33. The monoisotopic (exact) mass is 304 g/mol. The van der Waals surface area contributed by atoms with Crippen molar-refractivity contribution in [2.24, 2.45) is 5.92 Å². The molecule has 0 saturated heterocycles. The Balaban J connectivity index is 2.35. The fourth-order valence-corrected chi connectivity index (χ4v) is 3.30. The van der Waals surface area contributed by atoms with E-state index in [-0.39, 0.29) is 12.1 Å². The van der Waals surface area contributed by atoms with Crippen LogP contribution < -0.4 is 0 Å². The molecule has 1 aliphatic carbocycles. The predicted molar refractivity (Wildman–Crippen MR) is 87.9 cm³/mol. The summed E-state index contributed by atoms with van der Waals surface area (Å²) < 4.78 is 11.6. The first-order valence-electron chi connectivity index (χ1n) is 8.36. The molecule has 1 saturated carbocycles. The molecule has 1 aliphatic rings.